The van der Waals surface area contributed by atoms with Crippen LogP contribution in [0.1, 0.15) is 6.42 Å². The molecule has 6 atom stereocenters. The van der Waals surface area contributed by atoms with Gasteiger partial charge in [0.05, 0.1) is 32.3 Å². The second-order valence-corrected chi connectivity index (χ2v) is 5.01. The number of nitrogens with one attached hydrogen (secondary N) is 1. The van der Waals surface area contributed by atoms with Crippen LogP contribution in [-0.4, -0.2) is 88.1 Å². The van der Waals surface area contributed by atoms with E-state index in [1.165, 1.54) is 7.11 Å². The lowest BCUT2D eigenvalue weighted by Crippen LogP contribution is -2.67. The van der Waals surface area contributed by atoms with Crippen molar-refractivity contribution in [3.8, 4) is 0 Å². The minimum absolute atomic E-state index is 0.126. The summed E-state index contributed by atoms with van der Waals surface area (Å²) in [7, 11) is 1.30. The number of hydrogen-bond acceptors (Lipinski definition) is 8. The van der Waals surface area contributed by atoms with Gasteiger partial charge in [0.1, 0.15) is 18.3 Å². The highest BCUT2D eigenvalue weighted by atomic mass is 16.5. The number of carbonyl (C=O) groups is 1. The van der Waals surface area contributed by atoms with Crippen molar-refractivity contribution >= 4 is 5.97 Å². The Labute approximate surface area is 110 Å². The van der Waals surface area contributed by atoms with Gasteiger partial charge in [-0.3, -0.25) is 15.0 Å². The Balaban J connectivity index is 2.09. The molecule has 5 N–H and O–H groups in total. The molecule has 2 unspecified atom stereocenters. The highest BCUT2D eigenvalue weighted by Crippen LogP contribution is 2.28. The maximum atomic E-state index is 11.2. The van der Waals surface area contributed by atoms with Crippen molar-refractivity contribution < 1.29 is 30.0 Å². The quantitative estimate of drug-likeness (QED) is 0.338. The smallest absolute Gasteiger partial charge is 0.307 e. The fourth-order valence-electron chi connectivity index (χ4n) is 2.83. The van der Waals surface area contributed by atoms with Crippen LogP contribution >= 0.6 is 0 Å². The second kappa shape index (κ2) is 5.70. The van der Waals surface area contributed by atoms with Crippen LogP contribution in [0.2, 0.25) is 0 Å². The largest absolute Gasteiger partial charge is 0.469 e. The zero-order valence-electron chi connectivity index (χ0n) is 10.6. The summed E-state index contributed by atoms with van der Waals surface area (Å²) >= 11 is 0. The number of rotatable bonds is 3. The van der Waals surface area contributed by atoms with Gasteiger partial charge in [-0.1, -0.05) is 0 Å². The molecule has 2 fully saturated rings. The number of nitrogens with zero attached hydrogens (tertiary/aromatic N) is 1. The van der Waals surface area contributed by atoms with E-state index in [0.717, 1.165) is 0 Å². The summed E-state index contributed by atoms with van der Waals surface area (Å²) in [5.74, 6) is -0.381. The van der Waals surface area contributed by atoms with Crippen LogP contribution in [0.25, 0.3) is 0 Å². The first-order chi connectivity index (χ1) is 8.99. The molecule has 19 heavy (non-hydrogen) atoms. The van der Waals surface area contributed by atoms with Crippen molar-refractivity contribution in [2.75, 3.05) is 20.3 Å². The number of ether oxygens (including phenoxy) is 1. The molecule has 0 aromatic rings. The number of fused-ring (bicyclic) bond motifs is 1. The van der Waals surface area contributed by atoms with Crippen LogP contribution < -0.4 is 5.32 Å². The molecule has 2 aliphatic heterocycles. The first-order valence-corrected chi connectivity index (χ1v) is 6.23. The number of piperidine rings is 1. The highest BCUT2D eigenvalue weighted by molar-refractivity contribution is 5.70. The average Bonchev–Trinajstić information content (AvgIpc) is 2.80. The fraction of sp³-hybridized carbons (Fsp3) is 0.909. The van der Waals surface area contributed by atoms with Crippen molar-refractivity contribution in [1.82, 2.24) is 10.2 Å². The molecule has 0 radical (unpaired) electrons. The first kappa shape index (κ1) is 14.6. The Morgan fingerprint density at radius 2 is 2.00 bits per heavy atom. The predicted octanol–water partition coefficient (Wildman–Crippen LogP) is -3.39. The normalized spacial score (nSPS) is 43.0. The van der Waals surface area contributed by atoms with Gasteiger partial charge in [-0.2, -0.15) is 0 Å². The van der Waals surface area contributed by atoms with Gasteiger partial charge in [0.2, 0.25) is 0 Å². The van der Waals surface area contributed by atoms with E-state index in [4.69, 9.17) is 0 Å². The molecule has 2 heterocycles. The minimum Gasteiger partial charge on any atom is -0.469 e. The van der Waals surface area contributed by atoms with E-state index in [-0.39, 0.29) is 25.0 Å². The summed E-state index contributed by atoms with van der Waals surface area (Å²) in [6, 6.07) is -0.919. The summed E-state index contributed by atoms with van der Waals surface area (Å²) in [4.78, 5) is 12.9. The Morgan fingerprint density at radius 1 is 1.32 bits per heavy atom. The molecule has 0 aliphatic carbocycles. The maximum Gasteiger partial charge on any atom is 0.307 e. The number of aliphatic hydroxyl groups is 4. The standard InChI is InChI=1S/C11H20N2O6/c1-19-7(15)2-5-3-13-6(4-14)8(16)9(17)10(18)11(13)12-5/h5-6,8-12,14,16-18H,2-4H2,1H3/t5?,6-,8-,9+,10-,11?/m1/s1. The molecule has 0 spiro atoms. The third kappa shape index (κ3) is 2.60. The highest BCUT2D eigenvalue weighted by Gasteiger charge is 2.51. The molecular formula is C11H20N2O6. The van der Waals surface area contributed by atoms with Crippen molar-refractivity contribution in [2.45, 2.75) is 43.0 Å². The molecule has 0 aromatic heterocycles. The van der Waals surface area contributed by atoms with Gasteiger partial charge in [0.15, 0.2) is 0 Å². The monoisotopic (exact) mass is 276 g/mol. The van der Waals surface area contributed by atoms with E-state index in [2.05, 4.69) is 10.1 Å². The molecule has 0 bridgehead atoms. The van der Waals surface area contributed by atoms with Gasteiger partial charge in [-0.15, -0.1) is 0 Å². The summed E-state index contributed by atoms with van der Waals surface area (Å²) in [6.07, 6.45) is -4.20. The lowest BCUT2D eigenvalue weighted by molar-refractivity contribution is -0.164. The zero-order valence-corrected chi connectivity index (χ0v) is 10.6. The lowest BCUT2D eigenvalue weighted by atomic mass is 9.92. The van der Waals surface area contributed by atoms with Crippen LogP contribution in [0.4, 0.5) is 0 Å². The van der Waals surface area contributed by atoms with E-state index in [9.17, 15) is 25.2 Å². The van der Waals surface area contributed by atoms with Gasteiger partial charge >= 0.3 is 5.97 Å². The fourth-order valence-corrected chi connectivity index (χ4v) is 2.83. The molecule has 0 amide bonds. The van der Waals surface area contributed by atoms with E-state index < -0.39 is 30.5 Å². The average molecular weight is 276 g/mol. The Hall–Kier alpha value is -0.770. The zero-order chi connectivity index (χ0) is 14.2. The third-order valence-corrected chi connectivity index (χ3v) is 3.87. The molecule has 0 aromatic carbocycles. The van der Waals surface area contributed by atoms with E-state index in [0.29, 0.717) is 6.54 Å². The number of carbonyl (C=O) groups excluding carboxylic acids is 1. The molecule has 0 saturated carbocycles. The van der Waals surface area contributed by atoms with Gasteiger partial charge in [-0.05, 0) is 0 Å². The minimum atomic E-state index is -1.33. The summed E-state index contributed by atoms with van der Waals surface area (Å²) in [5, 5.41) is 41.8. The second-order valence-electron chi connectivity index (χ2n) is 5.01. The molecule has 110 valence electrons. The Bertz CT molecular complexity index is 341. The van der Waals surface area contributed by atoms with Gasteiger partial charge in [0, 0.05) is 12.6 Å². The molecular weight excluding hydrogens is 256 g/mol. The molecule has 2 saturated heterocycles. The van der Waals surface area contributed by atoms with Gasteiger partial charge in [0.25, 0.3) is 0 Å². The Morgan fingerprint density at radius 3 is 2.58 bits per heavy atom. The van der Waals surface area contributed by atoms with Gasteiger partial charge in [-0.25, -0.2) is 0 Å². The lowest BCUT2D eigenvalue weighted by Gasteiger charge is -2.44. The molecule has 8 nitrogen and oxygen atoms in total. The molecule has 2 rings (SSSR count). The summed E-state index contributed by atoms with van der Waals surface area (Å²) in [5.41, 5.74) is 0. The number of esters is 1. The van der Waals surface area contributed by atoms with Crippen LogP contribution in [0, 0.1) is 0 Å². The van der Waals surface area contributed by atoms with Crippen LogP contribution in [0.3, 0.4) is 0 Å². The Kier molecular flexibility index (Phi) is 4.39. The summed E-state index contributed by atoms with van der Waals surface area (Å²) in [6.45, 7) is 0.0416. The van der Waals surface area contributed by atoms with Crippen LogP contribution in [0.5, 0.6) is 0 Å². The van der Waals surface area contributed by atoms with Crippen molar-refractivity contribution in [1.29, 1.82) is 0 Å². The molecule has 2 aliphatic rings. The van der Waals surface area contributed by atoms with Gasteiger partial charge < -0.3 is 25.2 Å². The first-order valence-electron chi connectivity index (χ1n) is 6.23. The number of aliphatic hydroxyl groups excluding tert-OH is 4. The van der Waals surface area contributed by atoms with Crippen LogP contribution in [-0.2, 0) is 9.53 Å². The number of hydrogen-bond donors (Lipinski definition) is 5. The SMILES string of the molecule is COC(=O)CC1CN2C(N1)[C@H](O)[C@@H](O)[C@H](O)[C@H]2CO. The van der Waals surface area contributed by atoms with Crippen molar-refractivity contribution in [3.05, 3.63) is 0 Å². The third-order valence-electron chi connectivity index (χ3n) is 3.87. The number of methoxy groups -OCH3 is 1. The van der Waals surface area contributed by atoms with Crippen molar-refractivity contribution in [3.63, 3.8) is 0 Å². The van der Waals surface area contributed by atoms with E-state index in [1.54, 1.807) is 4.90 Å². The predicted molar refractivity (Wildman–Crippen MR) is 62.9 cm³/mol. The summed E-state index contributed by atoms with van der Waals surface area (Å²) < 4.78 is 4.58. The topological polar surface area (TPSA) is 122 Å². The maximum absolute atomic E-state index is 11.2. The van der Waals surface area contributed by atoms with E-state index >= 15 is 0 Å². The van der Waals surface area contributed by atoms with Crippen LogP contribution in [0.15, 0.2) is 0 Å². The van der Waals surface area contributed by atoms with Crippen molar-refractivity contribution in [2.24, 2.45) is 0 Å². The van der Waals surface area contributed by atoms with E-state index in [1.807, 2.05) is 0 Å². The molecule has 8 heteroatoms.